The van der Waals surface area contributed by atoms with Crippen LogP contribution in [0.4, 0.5) is 0 Å². The van der Waals surface area contributed by atoms with Gasteiger partial charge < -0.3 is 33.5 Å². The van der Waals surface area contributed by atoms with Gasteiger partial charge in [0.1, 0.15) is 6.04 Å². The first kappa shape index (κ1) is 15.0. The fourth-order valence-electron chi connectivity index (χ4n) is 0.967. The minimum absolute atomic E-state index is 0.0430. The lowest BCUT2D eigenvalue weighted by Gasteiger charge is -2.07. The highest BCUT2D eigenvalue weighted by Crippen LogP contribution is 2.01. The van der Waals surface area contributed by atoms with Crippen LogP contribution in [-0.4, -0.2) is 30.5 Å². The van der Waals surface area contributed by atoms with Crippen LogP contribution in [-0.2, 0) is 9.63 Å². The molecule has 9 nitrogen and oxygen atoms in total. The lowest BCUT2D eigenvalue weighted by atomic mass is 10.1. The molecule has 17 heavy (non-hydrogen) atoms. The van der Waals surface area contributed by atoms with Gasteiger partial charge in [-0.2, -0.15) is 0 Å². The van der Waals surface area contributed by atoms with E-state index in [1.807, 2.05) is 0 Å². The summed E-state index contributed by atoms with van der Waals surface area (Å²) in [6, 6.07) is -0.766. The Labute approximate surface area is 99.0 Å². The maximum atomic E-state index is 11.2. The van der Waals surface area contributed by atoms with E-state index in [2.05, 4.69) is 15.0 Å². The summed E-state index contributed by atoms with van der Waals surface area (Å²) in [4.78, 5) is 19.3. The number of hydrogen-bond acceptors (Lipinski definition) is 5. The molecule has 0 aromatic heterocycles. The van der Waals surface area contributed by atoms with Gasteiger partial charge in [-0.1, -0.05) is 0 Å². The maximum absolute atomic E-state index is 11.2. The molecule has 0 spiro atoms. The number of guanidine groups is 2. The standard InChI is InChI=1S/C8H19N7O2/c9-5(6(16)17-15-8(12)13)3-1-2-4-14-7(10)11/h5H,1-4,9H2,(H4,10,11,14)(H4,12,13,15). The van der Waals surface area contributed by atoms with E-state index in [1.165, 1.54) is 0 Å². The molecular formula is C8H19N7O2. The molecule has 0 aromatic rings. The number of carbonyl (C=O) groups excluding carboxylic acids is 1. The van der Waals surface area contributed by atoms with E-state index >= 15 is 0 Å². The van der Waals surface area contributed by atoms with Gasteiger partial charge in [0.2, 0.25) is 5.96 Å². The van der Waals surface area contributed by atoms with Crippen LogP contribution >= 0.6 is 0 Å². The number of unbranched alkanes of at least 4 members (excludes halogenated alkanes) is 1. The Morgan fingerprint density at radius 2 is 1.76 bits per heavy atom. The average Bonchev–Trinajstić information content (AvgIpc) is 2.24. The quantitative estimate of drug-likeness (QED) is 0.108. The topological polar surface area (TPSA) is 181 Å². The summed E-state index contributed by atoms with van der Waals surface area (Å²) in [5.41, 5.74) is 25.8. The zero-order chi connectivity index (χ0) is 13.3. The molecule has 0 rings (SSSR count). The second-order valence-electron chi connectivity index (χ2n) is 3.34. The van der Waals surface area contributed by atoms with Crippen molar-refractivity contribution >= 4 is 17.9 Å². The van der Waals surface area contributed by atoms with E-state index in [-0.39, 0.29) is 11.9 Å². The molecule has 9 heteroatoms. The summed E-state index contributed by atoms with van der Waals surface area (Å²) in [5, 5.41) is 3.10. The van der Waals surface area contributed by atoms with Crippen molar-refractivity contribution in [1.82, 2.24) is 0 Å². The third-order valence-electron chi connectivity index (χ3n) is 1.76. The molecule has 0 aliphatic rings. The summed E-state index contributed by atoms with van der Waals surface area (Å²) in [7, 11) is 0. The van der Waals surface area contributed by atoms with Crippen LogP contribution in [0.15, 0.2) is 10.1 Å². The molecule has 0 saturated carbocycles. The predicted molar refractivity (Wildman–Crippen MR) is 64.4 cm³/mol. The third-order valence-corrected chi connectivity index (χ3v) is 1.76. The van der Waals surface area contributed by atoms with Crippen LogP contribution in [0.2, 0.25) is 0 Å². The van der Waals surface area contributed by atoms with Crippen LogP contribution in [0.3, 0.4) is 0 Å². The van der Waals surface area contributed by atoms with Gasteiger partial charge in [-0.05, 0) is 24.4 Å². The monoisotopic (exact) mass is 245 g/mol. The zero-order valence-corrected chi connectivity index (χ0v) is 9.50. The molecule has 0 bridgehead atoms. The number of nitrogens with zero attached hydrogens (tertiary/aromatic N) is 2. The summed E-state index contributed by atoms with van der Waals surface area (Å²) >= 11 is 0. The van der Waals surface area contributed by atoms with Crippen LogP contribution in [0.5, 0.6) is 0 Å². The van der Waals surface area contributed by atoms with E-state index < -0.39 is 12.0 Å². The summed E-state index contributed by atoms with van der Waals surface area (Å²) in [5.74, 6) is -0.972. The number of hydrogen-bond donors (Lipinski definition) is 5. The molecule has 0 fully saturated rings. The van der Waals surface area contributed by atoms with Crippen molar-refractivity contribution in [2.24, 2.45) is 38.8 Å². The fourth-order valence-corrected chi connectivity index (χ4v) is 0.967. The first-order valence-corrected chi connectivity index (χ1v) is 5.04. The molecule has 0 aromatic carbocycles. The van der Waals surface area contributed by atoms with Crippen LogP contribution in [0, 0.1) is 0 Å². The second-order valence-corrected chi connectivity index (χ2v) is 3.34. The van der Waals surface area contributed by atoms with Gasteiger partial charge in [-0.15, -0.1) is 0 Å². The Morgan fingerprint density at radius 3 is 2.29 bits per heavy atom. The normalized spacial score (nSPS) is 11.4. The van der Waals surface area contributed by atoms with Gasteiger partial charge in [0.15, 0.2) is 5.96 Å². The molecule has 1 unspecified atom stereocenters. The van der Waals surface area contributed by atoms with Crippen molar-refractivity contribution in [3.8, 4) is 0 Å². The van der Waals surface area contributed by atoms with Crippen LogP contribution in [0.1, 0.15) is 19.3 Å². The molecule has 1 atom stereocenters. The maximum Gasteiger partial charge on any atom is 0.351 e. The fraction of sp³-hybridized carbons (Fsp3) is 0.625. The van der Waals surface area contributed by atoms with Gasteiger partial charge in [0.05, 0.1) is 0 Å². The number of rotatable bonds is 7. The Kier molecular flexibility index (Phi) is 7.19. The molecule has 0 heterocycles. The molecule has 0 amide bonds. The predicted octanol–water partition coefficient (Wildman–Crippen LogP) is -2.51. The average molecular weight is 245 g/mol. The molecule has 0 radical (unpaired) electrons. The van der Waals surface area contributed by atoms with Gasteiger partial charge >= 0.3 is 5.97 Å². The van der Waals surface area contributed by atoms with Crippen LogP contribution < -0.4 is 28.7 Å². The molecule has 0 aliphatic carbocycles. The summed E-state index contributed by atoms with van der Waals surface area (Å²) in [6.07, 6.45) is 1.86. The minimum Gasteiger partial charge on any atom is -0.370 e. The zero-order valence-electron chi connectivity index (χ0n) is 9.50. The summed E-state index contributed by atoms with van der Waals surface area (Å²) < 4.78 is 0. The van der Waals surface area contributed by atoms with Crippen molar-refractivity contribution in [1.29, 1.82) is 0 Å². The number of oxime groups is 1. The lowest BCUT2D eigenvalue weighted by Crippen LogP contribution is -2.32. The van der Waals surface area contributed by atoms with Gasteiger partial charge in [-0.3, -0.25) is 4.99 Å². The third kappa shape index (κ3) is 8.93. The largest absolute Gasteiger partial charge is 0.370 e. The number of aliphatic imine (C=N–C) groups is 1. The SMILES string of the molecule is NC(N)=NCCCCC(N)C(=O)ON=C(N)N. The highest BCUT2D eigenvalue weighted by Gasteiger charge is 2.14. The van der Waals surface area contributed by atoms with E-state index in [9.17, 15) is 4.79 Å². The highest BCUT2D eigenvalue weighted by molar-refractivity contribution is 5.79. The highest BCUT2D eigenvalue weighted by atomic mass is 16.7. The Morgan fingerprint density at radius 1 is 1.12 bits per heavy atom. The number of carbonyl (C=O) groups is 1. The van der Waals surface area contributed by atoms with Crippen molar-refractivity contribution < 1.29 is 9.63 Å². The number of nitrogens with two attached hydrogens (primary N) is 5. The Hall–Kier alpha value is -2.03. The van der Waals surface area contributed by atoms with E-state index in [0.717, 1.165) is 6.42 Å². The van der Waals surface area contributed by atoms with Crippen molar-refractivity contribution in [3.05, 3.63) is 0 Å². The summed E-state index contributed by atoms with van der Waals surface area (Å²) in [6.45, 7) is 0.498. The van der Waals surface area contributed by atoms with Crippen molar-refractivity contribution in [3.63, 3.8) is 0 Å². The van der Waals surface area contributed by atoms with Gasteiger partial charge in [-0.25, -0.2) is 4.79 Å². The first-order valence-electron chi connectivity index (χ1n) is 5.04. The Bertz CT molecular complexity index is 294. The van der Waals surface area contributed by atoms with E-state index in [1.54, 1.807) is 0 Å². The lowest BCUT2D eigenvalue weighted by molar-refractivity contribution is -0.145. The molecule has 0 saturated heterocycles. The van der Waals surface area contributed by atoms with Crippen molar-refractivity contribution in [2.75, 3.05) is 6.54 Å². The Balaban J connectivity index is 3.71. The molecule has 10 N–H and O–H groups in total. The van der Waals surface area contributed by atoms with E-state index in [0.29, 0.717) is 19.4 Å². The molecule has 98 valence electrons. The van der Waals surface area contributed by atoms with Crippen LogP contribution in [0.25, 0.3) is 0 Å². The van der Waals surface area contributed by atoms with E-state index in [4.69, 9.17) is 28.7 Å². The molecular weight excluding hydrogens is 226 g/mol. The van der Waals surface area contributed by atoms with Gasteiger partial charge in [0.25, 0.3) is 0 Å². The van der Waals surface area contributed by atoms with Gasteiger partial charge in [0, 0.05) is 6.54 Å². The van der Waals surface area contributed by atoms with Crippen molar-refractivity contribution in [2.45, 2.75) is 25.3 Å². The first-order chi connectivity index (χ1) is 7.93. The molecule has 0 aliphatic heterocycles. The smallest absolute Gasteiger partial charge is 0.351 e. The second kappa shape index (κ2) is 8.16. The minimum atomic E-state index is -0.766.